The van der Waals surface area contributed by atoms with Crippen LogP contribution in [0.25, 0.3) is 0 Å². The Morgan fingerprint density at radius 3 is 2.50 bits per heavy atom. The van der Waals surface area contributed by atoms with Gasteiger partial charge in [0, 0.05) is 43.8 Å². The predicted molar refractivity (Wildman–Crippen MR) is 110 cm³/mol. The topological polar surface area (TPSA) is 69.7 Å². The number of thiazole rings is 1. The van der Waals surface area contributed by atoms with Gasteiger partial charge in [-0.15, -0.1) is 11.3 Å². The van der Waals surface area contributed by atoms with Gasteiger partial charge in [0.2, 0.25) is 0 Å². The van der Waals surface area contributed by atoms with Crippen molar-refractivity contribution in [2.45, 2.75) is 12.6 Å². The highest BCUT2D eigenvalue weighted by atomic mass is 32.1. The zero-order valence-corrected chi connectivity index (χ0v) is 17.4. The Morgan fingerprint density at radius 1 is 1.20 bits per heavy atom. The second-order valence-electron chi connectivity index (χ2n) is 6.80. The molecule has 1 aromatic carbocycles. The highest BCUT2D eigenvalue weighted by Crippen LogP contribution is 2.31. The van der Waals surface area contributed by atoms with E-state index in [4.69, 9.17) is 4.74 Å². The van der Waals surface area contributed by atoms with Gasteiger partial charge in [0.1, 0.15) is 5.75 Å². The van der Waals surface area contributed by atoms with E-state index >= 15 is 0 Å². The first-order valence-electron chi connectivity index (χ1n) is 9.54. The number of hydrogen-bond donors (Lipinski definition) is 2. The number of rotatable bonds is 7. The predicted octanol–water partition coefficient (Wildman–Crippen LogP) is 3.50. The molecule has 0 atom stereocenters. The van der Waals surface area contributed by atoms with Gasteiger partial charge >= 0.3 is 12.2 Å². The van der Waals surface area contributed by atoms with Gasteiger partial charge in [-0.1, -0.05) is 0 Å². The van der Waals surface area contributed by atoms with Crippen LogP contribution in [0, 0.1) is 0 Å². The van der Waals surface area contributed by atoms with E-state index in [1.165, 1.54) is 5.69 Å². The van der Waals surface area contributed by atoms with E-state index in [0.717, 1.165) is 61.6 Å². The smallest absolute Gasteiger partial charge is 0.434 e. The third-order valence-corrected chi connectivity index (χ3v) is 5.52. The molecule has 0 bridgehead atoms. The average molecular weight is 443 g/mol. The molecule has 1 saturated heterocycles. The van der Waals surface area contributed by atoms with E-state index in [1.54, 1.807) is 7.11 Å². The number of nitrogens with one attached hydrogen (secondary N) is 2. The van der Waals surface area contributed by atoms with E-state index in [9.17, 15) is 18.0 Å². The number of carbonyl (C=O) groups excluding carboxylic acids is 1. The molecule has 2 amide bonds. The highest BCUT2D eigenvalue weighted by molar-refractivity contribution is 7.13. The maximum atomic E-state index is 12.5. The lowest BCUT2D eigenvalue weighted by Crippen LogP contribution is -2.47. The van der Waals surface area contributed by atoms with Crippen LogP contribution in [-0.2, 0) is 6.18 Å². The highest BCUT2D eigenvalue weighted by Gasteiger charge is 2.33. The maximum absolute atomic E-state index is 12.5. The zero-order chi connectivity index (χ0) is 21.6. The van der Waals surface area contributed by atoms with E-state index in [1.807, 2.05) is 12.1 Å². The summed E-state index contributed by atoms with van der Waals surface area (Å²) in [6, 6.07) is 7.46. The Bertz CT molecular complexity index is 820. The zero-order valence-electron chi connectivity index (χ0n) is 16.5. The Kier molecular flexibility index (Phi) is 7.38. The summed E-state index contributed by atoms with van der Waals surface area (Å²) in [6.07, 6.45) is -3.76. The molecule has 7 nitrogen and oxygen atoms in total. The number of benzene rings is 1. The number of hydrogen-bond acceptors (Lipinski definition) is 6. The molecule has 1 fully saturated rings. The molecule has 0 unspecified atom stereocenters. The monoisotopic (exact) mass is 443 g/mol. The fourth-order valence-corrected chi connectivity index (χ4v) is 3.84. The van der Waals surface area contributed by atoms with Crippen molar-refractivity contribution in [1.29, 1.82) is 0 Å². The van der Waals surface area contributed by atoms with Crippen LogP contribution in [0.15, 0.2) is 29.6 Å². The van der Waals surface area contributed by atoms with E-state index in [2.05, 4.69) is 37.6 Å². The van der Waals surface area contributed by atoms with Crippen molar-refractivity contribution in [3.63, 3.8) is 0 Å². The number of aromatic nitrogens is 1. The number of urea groups is 1. The minimum atomic E-state index is -4.51. The van der Waals surface area contributed by atoms with Crippen LogP contribution >= 0.6 is 11.3 Å². The molecule has 2 aromatic rings. The third-order valence-electron chi connectivity index (χ3n) is 4.76. The molecule has 0 radical (unpaired) electrons. The molecule has 30 heavy (non-hydrogen) atoms. The van der Waals surface area contributed by atoms with Gasteiger partial charge in [-0.25, -0.2) is 9.78 Å². The van der Waals surface area contributed by atoms with Crippen molar-refractivity contribution < 1.29 is 22.7 Å². The van der Waals surface area contributed by atoms with Crippen molar-refractivity contribution in [3.8, 4) is 5.75 Å². The third kappa shape index (κ3) is 6.23. The molecule has 1 aromatic heterocycles. The summed E-state index contributed by atoms with van der Waals surface area (Å²) in [5, 5.41) is 5.79. The summed E-state index contributed by atoms with van der Waals surface area (Å²) in [4.78, 5) is 19.8. The standard InChI is InChI=1S/C19H24F3N5O2S/c1-29-15-5-3-14(4-6-15)27-11-9-26(10-12-27)8-2-7-23-17(28)25-18-24-16(13-30-18)19(20,21)22/h3-6,13H,2,7-12H2,1H3,(H2,23,24,25,28). The van der Waals surface area contributed by atoms with Crippen LogP contribution in [0.5, 0.6) is 5.75 Å². The van der Waals surface area contributed by atoms with Crippen molar-refractivity contribution in [2.75, 3.05) is 56.6 Å². The summed E-state index contributed by atoms with van der Waals surface area (Å²) in [7, 11) is 1.65. The van der Waals surface area contributed by atoms with E-state index < -0.39 is 17.9 Å². The number of halogens is 3. The molecule has 1 aliphatic heterocycles. The molecule has 11 heteroatoms. The second kappa shape index (κ2) is 9.98. The number of anilines is 2. The fourth-order valence-electron chi connectivity index (χ4n) is 3.13. The van der Waals surface area contributed by atoms with E-state index in [0.29, 0.717) is 6.54 Å². The minimum absolute atomic E-state index is 0.0746. The van der Waals surface area contributed by atoms with Gasteiger partial charge in [0.25, 0.3) is 0 Å². The quantitative estimate of drug-likeness (QED) is 0.641. The van der Waals surface area contributed by atoms with Gasteiger partial charge in [-0.2, -0.15) is 13.2 Å². The number of carbonyl (C=O) groups is 1. The number of alkyl halides is 3. The Labute approximate surface area is 176 Å². The number of amides is 2. The van der Waals surface area contributed by atoms with Gasteiger partial charge < -0.3 is 15.0 Å². The number of ether oxygens (including phenoxy) is 1. The van der Waals surface area contributed by atoms with Gasteiger partial charge in [-0.3, -0.25) is 10.2 Å². The summed E-state index contributed by atoms with van der Waals surface area (Å²) in [5.74, 6) is 0.838. The molecule has 0 aliphatic carbocycles. The summed E-state index contributed by atoms with van der Waals surface area (Å²) < 4.78 is 42.7. The van der Waals surface area contributed by atoms with Crippen molar-refractivity contribution in [3.05, 3.63) is 35.3 Å². The van der Waals surface area contributed by atoms with Gasteiger partial charge in [-0.05, 0) is 37.2 Å². The average Bonchev–Trinajstić information content (AvgIpc) is 3.21. The van der Waals surface area contributed by atoms with Crippen LogP contribution in [0.3, 0.4) is 0 Å². The number of piperazine rings is 1. The van der Waals surface area contributed by atoms with Crippen molar-refractivity contribution >= 4 is 28.2 Å². The first-order chi connectivity index (χ1) is 14.3. The van der Waals surface area contributed by atoms with Crippen molar-refractivity contribution in [1.82, 2.24) is 15.2 Å². The van der Waals surface area contributed by atoms with E-state index in [-0.39, 0.29) is 5.13 Å². The first kappa shape index (κ1) is 22.2. The minimum Gasteiger partial charge on any atom is -0.497 e. The molecule has 2 N–H and O–H groups in total. The van der Waals surface area contributed by atoms with Crippen LogP contribution in [0.2, 0.25) is 0 Å². The maximum Gasteiger partial charge on any atom is 0.434 e. The number of nitrogens with zero attached hydrogens (tertiary/aromatic N) is 3. The summed E-state index contributed by atoms with van der Waals surface area (Å²) >= 11 is 0.744. The molecule has 0 spiro atoms. The second-order valence-corrected chi connectivity index (χ2v) is 7.65. The molecule has 1 aliphatic rings. The molecule has 164 valence electrons. The Hall–Kier alpha value is -2.53. The molecular weight excluding hydrogens is 419 g/mol. The molecule has 3 rings (SSSR count). The Morgan fingerprint density at radius 2 is 1.90 bits per heavy atom. The largest absolute Gasteiger partial charge is 0.497 e. The normalized spacial score (nSPS) is 15.1. The van der Waals surface area contributed by atoms with Crippen LogP contribution < -0.4 is 20.3 Å². The van der Waals surface area contributed by atoms with Gasteiger partial charge in [0.05, 0.1) is 7.11 Å². The fraction of sp³-hybridized carbons (Fsp3) is 0.474. The summed E-state index contributed by atoms with van der Waals surface area (Å²) in [5.41, 5.74) is 0.168. The molecule has 2 heterocycles. The molecule has 0 saturated carbocycles. The van der Waals surface area contributed by atoms with Crippen LogP contribution in [0.4, 0.5) is 28.8 Å². The van der Waals surface area contributed by atoms with Crippen molar-refractivity contribution in [2.24, 2.45) is 0 Å². The first-order valence-corrected chi connectivity index (χ1v) is 10.4. The van der Waals surface area contributed by atoms with Gasteiger partial charge in [0.15, 0.2) is 10.8 Å². The van der Waals surface area contributed by atoms with Crippen LogP contribution in [0.1, 0.15) is 12.1 Å². The lowest BCUT2D eigenvalue weighted by atomic mass is 10.2. The van der Waals surface area contributed by atoms with Crippen LogP contribution in [-0.4, -0.2) is 62.3 Å². The number of methoxy groups -OCH3 is 1. The SMILES string of the molecule is COc1ccc(N2CCN(CCCNC(=O)Nc3nc(C(F)(F)F)cs3)CC2)cc1. The lowest BCUT2D eigenvalue weighted by Gasteiger charge is -2.36. The lowest BCUT2D eigenvalue weighted by molar-refractivity contribution is -0.140. The Balaban J connectivity index is 1.31. The molecular formula is C19H24F3N5O2S. The summed E-state index contributed by atoms with van der Waals surface area (Å²) in [6.45, 7) is 4.97.